The molecular formula is C38H53FN6O2. The zero-order valence-electron chi connectivity index (χ0n) is 29.0. The third-order valence-electron chi connectivity index (χ3n) is 7.80. The molecule has 3 heterocycles. The van der Waals surface area contributed by atoms with Gasteiger partial charge < -0.3 is 30.3 Å². The van der Waals surface area contributed by atoms with Gasteiger partial charge in [0.1, 0.15) is 12.1 Å². The van der Waals surface area contributed by atoms with Crippen molar-refractivity contribution >= 4 is 29.3 Å². The van der Waals surface area contributed by atoms with Crippen molar-refractivity contribution in [3.63, 3.8) is 0 Å². The first-order valence-electron chi connectivity index (χ1n) is 16.7. The maximum absolute atomic E-state index is 12.8. The molecule has 3 N–H and O–H groups in total. The summed E-state index contributed by atoms with van der Waals surface area (Å²) < 4.78 is 15.2. The molecule has 2 aromatic heterocycles. The molecule has 1 atom stereocenters. The Balaban J connectivity index is 0.000000250. The number of hydrogen-bond acceptors (Lipinski definition) is 6. The maximum Gasteiger partial charge on any atom is 0.274 e. The van der Waals surface area contributed by atoms with E-state index in [9.17, 15) is 14.0 Å². The number of benzene rings is 1. The normalized spacial score (nSPS) is 15.9. The van der Waals surface area contributed by atoms with E-state index in [1.54, 1.807) is 25.1 Å². The summed E-state index contributed by atoms with van der Waals surface area (Å²) in [6.07, 6.45) is 15.1. The molecule has 3 aromatic rings. The van der Waals surface area contributed by atoms with Crippen molar-refractivity contribution in [3.8, 4) is 0 Å². The van der Waals surface area contributed by atoms with Crippen LogP contribution in [0.1, 0.15) is 84.0 Å². The number of hydrogen-bond donors (Lipinski definition) is 3. The molecule has 1 saturated heterocycles. The third-order valence-corrected chi connectivity index (χ3v) is 7.80. The summed E-state index contributed by atoms with van der Waals surface area (Å²) in [5, 5.41) is 14.7. The van der Waals surface area contributed by atoms with Crippen molar-refractivity contribution in [1.29, 1.82) is 5.41 Å². The van der Waals surface area contributed by atoms with Gasteiger partial charge in [-0.15, -0.1) is 0 Å². The summed E-state index contributed by atoms with van der Waals surface area (Å²) >= 11 is 0. The van der Waals surface area contributed by atoms with Crippen LogP contribution in [0.4, 0.5) is 4.39 Å². The first-order valence-corrected chi connectivity index (χ1v) is 16.7. The number of rotatable bonds is 11. The minimum Gasteiger partial charge on any atom is -0.377 e. The molecule has 1 unspecified atom stereocenters. The average molecular weight is 645 g/mol. The highest BCUT2D eigenvalue weighted by molar-refractivity contribution is 5.96. The quantitative estimate of drug-likeness (QED) is 0.113. The minimum absolute atomic E-state index is 0.0793. The van der Waals surface area contributed by atoms with Gasteiger partial charge in [-0.05, 0) is 82.3 Å². The molecule has 1 amide bonds. The Morgan fingerprint density at radius 1 is 1.15 bits per heavy atom. The highest BCUT2D eigenvalue weighted by Gasteiger charge is 2.33. The number of fused-ring (bicyclic) bond motifs is 1. The van der Waals surface area contributed by atoms with E-state index in [1.807, 2.05) is 59.3 Å². The molecule has 1 aliphatic carbocycles. The van der Waals surface area contributed by atoms with Crippen LogP contribution in [0.5, 0.6) is 0 Å². The second-order valence-electron chi connectivity index (χ2n) is 11.1. The van der Waals surface area contributed by atoms with Crippen LogP contribution < -0.4 is 10.6 Å². The van der Waals surface area contributed by atoms with E-state index in [0.717, 1.165) is 42.9 Å². The SMILES string of the molecule is C=C1CCC(C=O)N1C(=O)/C(=C\C)NC/C(C=N)=C/C.CC.CCCc1ccccc1F.CNCc1cc2cnccc2n1C1CC1. The Kier molecular flexibility index (Phi) is 17.1. The van der Waals surface area contributed by atoms with Crippen LogP contribution in [0.3, 0.4) is 0 Å². The number of nitrogens with zero attached hydrogens (tertiary/aromatic N) is 3. The molecule has 1 aliphatic heterocycles. The number of halogens is 1. The smallest absolute Gasteiger partial charge is 0.274 e. The monoisotopic (exact) mass is 644 g/mol. The Labute approximate surface area is 280 Å². The van der Waals surface area contributed by atoms with Crippen molar-refractivity contribution < 1.29 is 14.0 Å². The number of likely N-dealkylation sites (tertiary alicyclic amines) is 1. The van der Waals surface area contributed by atoms with Crippen molar-refractivity contribution in [2.24, 2.45) is 0 Å². The lowest BCUT2D eigenvalue weighted by atomic mass is 10.1. The Morgan fingerprint density at radius 3 is 2.45 bits per heavy atom. The topological polar surface area (TPSA) is 103 Å². The summed E-state index contributed by atoms with van der Waals surface area (Å²) in [5.74, 6) is -0.322. The van der Waals surface area contributed by atoms with Crippen molar-refractivity contribution in [1.82, 2.24) is 25.1 Å². The van der Waals surface area contributed by atoms with Crippen LogP contribution >= 0.6 is 0 Å². The fourth-order valence-corrected chi connectivity index (χ4v) is 5.27. The zero-order valence-corrected chi connectivity index (χ0v) is 29.0. The molecule has 0 radical (unpaired) electrons. The molecule has 5 rings (SSSR count). The van der Waals surface area contributed by atoms with Crippen LogP contribution in [0.25, 0.3) is 10.9 Å². The van der Waals surface area contributed by atoms with Crippen LogP contribution in [0.15, 0.2) is 84.5 Å². The standard InChI is InChI=1S/C15H21N3O2.C12H15N3.C9H11F.C2H6/c1-4-12(8-16)9-17-14(5-2)15(20)18-11(3)6-7-13(18)10-19;1-13-8-11-6-9-7-14-5-4-12(9)15(11)10-2-3-10;1-2-5-8-6-3-4-7-9(8)10;1-2/h4-5,8,10,13,16-17H,3,6-7,9H2,1-2H3;4-7,10,13H,2-3,8H2,1H3;3-4,6-7H,2,5H2,1H3;1-2H3/b12-4+,14-5+,16-8?;;;. The van der Waals surface area contributed by atoms with Crippen LogP contribution in [-0.2, 0) is 22.6 Å². The zero-order chi connectivity index (χ0) is 34.8. The largest absolute Gasteiger partial charge is 0.377 e. The van der Waals surface area contributed by atoms with Crippen molar-refractivity contribution in [3.05, 3.63) is 102 Å². The molecule has 47 heavy (non-hydrogen) atoms. The molecule has 2 aliphatic rings. The highest BCUT2D eigenvalue weighted by atomic mass is 19.1. The lowest BCUT2D eigenvalue weighted by Gasteiger charge is -2.23. The van der Waals surface area contributed by atoms with Gasteiger partial charge in [-0.25, -0.2) is 4.39 Å². The van der Waals surface area contributed by atoms with Crippen molar-refractivity contribution in [2.45, 2.75) is 91.8 Å². The second-order valence-corrected chi connectivity index (χ2v) is 11.1. The summed E-state index contributed by atoms with van der Waals surface area (Å²) in [4.78, 5) is 29.1. The van der Waals surface area contributed by atoms with E-state index in [-0.39, 0.29) is 11.7 Å². The van der Waals surface area contributed by atoms with Gasteiger partial charge in [-0.3, -0.25) is 9.78 Å². The van der Waals surface area contributed by atoms with Gasteiger partial charge in [0.25, 0.3) is 5.91 Å². The summed E-state index contributed by atoms with van der Waals surface area (Å²) in [5.41, 5.74) is 5.41. The minimum atomic E-state index is -0.421. The lowest BCUT2D eigenvalue weighted by Crippen LogP contribution is -2.39. The van der Waals surface area contributed by atoms with Crippen LogP contribution in [-0.4, -0.2) is 52.5 Å². The fourth-order valence-electron chi connectivity index (χ4n) is 5.27. The van der Waals surface area contributed by atoms with Gasteiger partial charge in [-0.2, -0.15) is 0 Å². The first kappa shape index (κ1) is 38.8. The summed E-state index contributed by atoms with van der Waals surface area (Å²) in [7, 11) is 1.99. The Hall–Kier alpha value is -4.37. The van der Waals surface area contributed by atoms with E-state index in [1.165, 1.54) is 46.6 Å². The van der Waals surface area contributed by atoms with Gasteiger partial charge in [-0.1, -0.05) is 64.1 Å². The number of nitrogens with one attached hydrogen (secondary N) is 3. The molecule has 0 bridgehead atoms. The maximum atomic E-state index is 12.8. The number of carbonyl (C=O) groups is 2. The number of aryl methyl sites for hydroxylation is 1. The number of amides is 1. The lowest BCUT2D eigenvalue weighted by molar-refractivity contribution is -0.129. The first-order chi connectivity index (χ1) is 22.8. The van der Waals surface area contributed by atoms with E-state index in [0.29, 0.717) is 30.8 Å². The number of aldehydes is 1. The Morgan fingerprint density at radius 2 is 1.87 bits per heavy atom. The van der Waals surface area contributed by atoms with Crippen molar-refractivity contribution in [2.75, 3.05) is 13.6 Å². The highest BCUT2D eigenvalue weighted by Crippen LogP contribution is 2.39. The summed E-state index contributed by atoms with van der Waals surface area (Å²) in [6, 6.07) is 11.6. The van der Waals surface area contributed by atoms with Gasteiger partial charge in [0, 0.05) is 54.5 Å². The molecule has 0 spiro atoms. The van der Waals surface area contributed by atoms with E-state index in [4.69, 9.17) is 5.41 Å². The fraction of sp³-hybridized carbons (Fsp3) is 0.421. The van der Waals surface area contributed by atoms with E-state index >= 15 is 0 Å². The van der Waals surface area contributed by atoms with Crippen LogP contribution in [0.2, 0.25) is 0 Å². The molecular weight excluding hydrogens is 591 g/mol. The molecule has 9 heteroatoms. The number of allylic oxidation sites excluding steroid dienone is 3. The predicted molar refractivity (Wildman–Crippen MR) is 192 cm³/mol. The molecule has 2 fully saturated rings. The van der Waals surface area contributed by atoms with E-state index < -0.39 is 6.04 Å². The molecule has 8 nitrogen and oxygen atoms in total. The molecule has 254 valence electrons. The number of aromatic nitrogens is 2. The molecule has 1 aromatic carbocycles. The Bertz CT molecular complexity index is 1520. The number of pyridine rings is 1. The van der Waals surface area contributed by atoms with Gasteiger partial charge in [0.05, 0.1) is 17.3 Å². The summed E-state index contributed by atoms with van der Waals surface area (Å²) in [6.45, 7) is 14.8. The number of carbonyl (C=O) groups excluding carboxylic acids is 2. The second kappa shape index (κ2) is 20.7. The molecule has 1 saturated carbocycles. The van der Waals surface area contributed by atoms with E-state index in [2.05, 4.69) is 38.9 Å². The van der Waals surface area contributed by atoms with Crippen LogP contribution in [0, 0.1) is 11.2 Å². The van der Waals surface area contributed by atoms with Gasteiger partial charge >= 0.3 is 0 Å². The predicted octanol–water partition coefficient (Wildman–Crippen LogP) is 7.67. The third kappa shape index (κ3) is 11.1. The average Bonchev–Trinajstić information content (AvgIpc) is 3.76. The van der Waals surface area contributed by atoms with Gasteiger partial charge in [0.2, 0.25) is 0 Å². The van der Waals surface area contributed by atoms with Gasteiger partial charge in [0.15, 0.2) is 0 Å².